The third-order valence-electron chi connectivity index (χ3n) is 2.85. The highest BCUT2D eigenvalue weighted by Gasteiger charge is 2.21. The minimum absolute atomic E-state index is 0.0532. The summed E-state index contributed by atoms with van der Waals surface area (Å²) in [4.78, 5) is 0. The third kappa shape index (κ3) is 3.95. The normalized spacial score (nSPS) is 12.8. The van der Waals surface area contributed by atoms with E-state index in [1.165, 1.54) is 5.56 Å². The Balaban J connectivity index is 2.28. The molecule has 0 fully saturated rings. The lowest BCUT2D eigenvalue weighted by Gasteiger charge is -2.16. The maximum Gasteiger partial charge on any atom is 0.129 e. The first-order valence-electron chi connectivity index (χ1n) is 6.41. The molecular formula is C14H17Br2NO2S. The zero-order chi connectivity index (χ0) is 14.5. The fourth-order valence-corrected chi connectivity index (χ4v) is 4.87. The van der Waals surface area contributed by atoms with Crippen LogP contribution in [-0.2, 0) is 11.3 Å². The quantitative estimate of drug-likeness (QED) is 0.673. The molecule has 2 aromatic heterocycles. The lowest BCUT2D eigenvalue weighted by molar-refractivity contribution is 0.162. The average molecular weight is 423 g/mol. The third-order valence-corrected chi connectivity index (χ3v) is 5.23. The molecule has 2 aromatic rings. The molecule has 20 heavy (non-hydrogen) atoms. The fourth-order valence-electron chi connectivity index (χ4n) is 1.97. The van der Waals surface area contributed by atoms with Gasteiger partial charge >= 0.3 is 0 Å². The molecule has 110 valence electrons. The second-order valence-corrected chi connectivity index (χ2v) is 8.15. The number of hydrogen-bond acceptors (Lipinski definition) is 4. The second-order valence-electron chi connectivity index (χ2n) is 4.40. The number of ether oxygens (including phenoxy) is 1. The molecule has 1 N–H and O–H groups in total. The van der Waals surface area contributed by atoms with Gasteiger partial charge < -0.3 is 14.5 Å². The van der Waals surface area contributed by atoms with Gasteiger partial charge in [-0.2, -0.15) is 0 Å². The SMILES string of the molecule is CCCNC(c1ccc(COC)o1)c1cc(Br)sc1Br. The molecule has 0 saturated carbocycles. The van der Waals surface area contributed by atoms with Crippen LogP contribution in [0.15, 0.2) is 30.2 Å². The summed E-state index contributed by atoms with van der Waals surface area (Å²) in [6, 6.07) is 6.16. The van der Waals surface area contributed by atoms with Crippen LogP contribution in [0.2, 0.25) is 0 Å². The minimum Gasteiger partial charge on any atom is -0.462 e. The van der Waals surface area contributed by atoms with E-state index in [1.54, 1.807) is 18.4 Å². The summed E-state index contributed by atoms with van der Waals surface area (Å²) in [5.41, 5.74) is 1.19. The van der Waals surface area contributed by atoms with Crippen LogP contribution in [0.3, 0.4) is 0 Å². The van der Waals surface area contributed by atoms with E-state index in [9.17, 15) is 0 Å². The minimum atomic E-state index is 0.0532. The Morgan fingerprint density at radius 2 is 2.20 bits per heavy atom. The Kier molecular flexibility index (Phi) is 6.29. The summed E-state index contributed by atoms with van der Waals surface area (Å²) in [7, 11) is 1.67. The summed E-state index contributed by atoms with van der Waals surface area (Å²) in [5.74, 6) is 1.76. The summed E-state index contributed by atoms with van der Waals surface area (Å²) in [5, 5.41) is 3.53. The number of nitrogens with one attached hydrogen (secondary N) is 1. The van der Waals surface area contributed by atoms with Crippen LogP contribution in [0.1, 0.15) is 36.5 Å². The zero-order valence-electron chi connectivity index (χ0n) is 11.4. The van der Waals surface area contributed by atoms with Crippen LogP contribution in [0.4, 0.5) is 0 Å². The van der Waals surface area contributed by atoms with Crippen molar-refractivity contribution >= 4 is 43.2 Å². The number of hydrogen-bond donors (Lipinski definition) is 1. The van der Waals surface area contributed by atoms with Crippen LogP contribution in [0, 0.1) is 0 Å². The Morgan fingerprint density at radius 3 is 2.80 bits per heavy atom. The van der Waals surface area contributed by atoms with Gasteiger partial charge in [0.25, 0.3) is 0 Å². The lowest BCUT2D eigenvalue weighted by Crippen LogP contribution is -2.22. The van der Waals surface area contributed by atoms with Gasteiger partial charge in [-0.05, 0) is 63.0 Å². The zero-order valence-corrected chi connectivity index (χ0v) is 15.4. The highest BCUT2D eigenvalue weighted by molar-refractivity contribution is 9.12. The van der Waals surface area contributed by atoms with E-state index in [4.69, 9.17) is 9.15 Å². The van der Waals surface area contributed by atoms with Crippen LogP contribution < -0.4 is 5.32 Å². The lowest BCUT2D eigenvalue weighted by atomic mass is 10.1. The summed E-state index contributed by atoms with van der Waals surface area (Å²) < 4.78 is 13.2. The topological polar surface area (TPSA) is 34.4 Å². The second kappa shape index (κ2) is 7.75. The van der Waals surface area contributed by atoms with Crippen molar-refractivity contribution in [3.63, 3.8) is 0 Å². The van der Waals surface area contributed by atoms with E-state index < -0.39 is 0 Å². The molecule has 3 nitrogen and oxygen atoms in total. The van der Waals surface area contributed by atoms with Crippen molar-refractivity contribution in [1.82, 2.24) is 5.32 Å². The van der Waals surface area contributed by atoms with E-state index in [1.807, 2.05) is 12.1 Å². The van der Waals surface area contributed by atoms with E-state index in [2.05, 4.69) is 50.2 Å². The highest BCUT2D eigenvalue weighted by Crippen LogP contribution is 2.38. The maximum absolute atomic E-state index is 5.88. The predicted molar refractivity (Wildman–Crippen MR) is 89.3 cm³/mol. The van der Waals surface area contributed by atoms with Crippen molar-refractivity contribution in [2.45, 2.75) is 26.0 Å². The molecule has 0 aromatic carbocycles. The molecule has 1 unspecified atom stereocenters. The predicted octanol–water partition coefficient (Wildman–Crippen LogP) is 5.10. The molecule has 0 aliphatic heterocycles. The molecule has 2 heterocycles. The molecular weight excluding hydrogens is 406 g/mol. The maximum atomic E-state index is 5.88. The smallest absolute Gasteiger partial charge is 0.129 e. The number of furan rings is 1. The van der Waals surface area contributed by atoms with Gasteiger partial charge in [0, 0.05) is 12.7 Å². The summed E-state index contributed by atoms with van der Waals surface area (Å²) >= 11 is 8.83. The first-order valence-corrected chi connectivity index (χ1v) is 8.81. The van der Waals surface area contributed by atoms with Crippen LogP contribution >= 0.6 is 43.2 Å². The molecule has 0 amide bonds. The van der Waals surface area contributed by atoms with Crippen molar-refractivity contribution in [2.75, 3.05) is 13.7 Å². The monoisotopic (exact) mass is 421 g/mol. The molecule has 2 rings (SSSR count). The van der Waals surface area contributed by atoms with Crippen molar-refractivity contribution < 1.29 is 9.15 Å². The Morgan fingerprint density at radius 1 is 1.40 bits per heavy atom. The van der Waals surface area contributed by atoms with Crippen molar-refractivity contribution in [1.29, 1.82) is 0 Å². The average Bonchev–Trinajstić information content (AvgIpc) is 2.98. The van der Waals surface area contributed by atoms with E-state index >= 15 is 0 Å². The van der Waals surface area contributed by atoms with Gasteiger partial charge in [0.05, 0.1) is 13.6 Å². The van der Waals surface area contributed by atoms with Crippen LogP contribution in [0.25, 0.3) is 0 Å². The fraction of sp³-hybridized carbons (Fsp3) is 0.429. The van der Waals surface area contributed by atoms with Gasteiger partial charge in [0.1, 0.15) is 18.1 Å². The van der Waals surface area contributed by atoms with Gasteiger partial charge in [-0.15, -0.1) is 11.3 Å². The van der Waals surface area contributed by atoms with Crippen molar-refractivity contribution in [3.05, 3.63) is 42.9 Å². The molecule has 0 spiro atoms. The van der Waals surface area contributed by atoms with Crippen LogP contribution in [0.5, 0.6) is 0 Å². The number of thiophene rings is 1. The Hall–Kier alpha value is -0.140. The highest BCUT2D eigenvalue weighted by atomic mass is 79.9. The molecule has 0 aliphatic rings. The van der Waals surface area contributed by atoms with E-state index in [0.717, 1.165) is 32.1 Å². The molecule has 1 atom stereocenters. The van der Waals surface area contributed by atoms with Gasteiger partial charge in [0.2, 0.25) is 0 Å². The standard InChI is InChI=1S/C14H17Br2NO2S/c1-3-6-17-13(10-7-12(15)20-14(10)16)11-5-4-9(19-11)8-18-2/h4-5,7,13,17H,3,6,8H2,1-2H3. The van der Waals surface area contributed by atoms with Gasteiger partial charge in [-0.25, -0.2) is 0 Å². The Labute approximate surface area is 140 Å². The summed E-state index contributed by atoms with van der Waals surface area (Å²) in [6.45, 7) is 3.58. The number of halogens is 2. The molecule has 0 bridgehead atoms. The summed E-state index contributed by atoms with van der Waals surface area (Å²) in [6.07, 6.45) is 1.07. The largest absolute Gasteiger partial charge is 0.462 e. The van der Waals surface area contributed by atoms with Crippen molar-refractivity contribution in [3.8, 4) is 0 Å². The van der Waals surface area contributed by atoms with Crippen molar-refractivity contribution in [2.24, 2.45) is 0 Å². The number of rotatable bonds is 7. The van der Waals surface area contributed by atoms with Gasteiger partial charge in [-0.1, -0.05) is 6.92 Å². The molecule has 6 heteroatoms. The molecule has 0 aliphatic carbocycles. The first-order chi connectivity index (χ1) is 9.65. The van der Waals surface area contributed by atoms with Gasteiger partial charge in [0.15, 0.2) is 0 Å². The molecule has 0 radical (unpaired) electrons. The van der Waals surface area contributed by atoms with E-state index in [-0.39, 0.29) is 6.04 Å². The molecule has 0 saturated heterocycles. The van der Waals surface area contributed by atoms with Crippen LogP contribution in [-0.4, -0.2) is 13.7 Å². The van der Waals surface area contributed by atoms with Gasteiger partial charge in [-0.3, -0.25) is 0 Å². The Bertz CT molecular complexity index is 553. The van der Waals surface area contributed by atoms with E-state index in [0.29, 0.717) is 6.61 Å². The first kappa shape index (κ1) is 16.2. The number of methoxy groups -OCH3 is 1.